The lowest BCUT2D eigenvalue weighted by Crippen LogP contribution is -2.32. The van der Waals surface area contributed by atoms with Crippen molar-refractivity contribution in [1.82, 2.24) is 20.2 Å². The Labute approximate surface area is 205 Å². The van der Waals surface area contributed by atoms with Gasteiger partial charge in [0.2, 0.25) is 5.65 Å². The number of benzene rings is 2. The lowest BCUT2D eigenvalue weighted by atomic mass is 9.90. The minimum atomic E-state index is 0.284. The summed E-state index contributed by atoms with van der Waals surface area (Å²) in [7, 11) is 0. The van der Waals surface area contributed by atoms with Gasteiger partial charge in [0.05, 0.1) is 11.9 Å². The molecular formula is C29H30N6. The summed E-state index contributed by atoms with van der Waals surface area (Å²) in [5.74, 6) is 2.35. The molecule has 0 spiro atoms. The van der Waals surface area contributed by atoms with Gasteiger partial charge < -0.3 is 4.90 Å². The van der Waals surface area contributed by atoms with Crippen molar-refractivity contribution in [3.63, 3.8) is 0 Å². The zero-order chi connectivity index (χ0) is 23.7. The molecule has 1 saturated heterocycles. The molecule has 2 aromatic carbocycles. The van der Waals surface area contributed by atoms with E-state index in [4.69, 9.17) is 15.0 Å². The van der Waals surface area contributed by atoms with Gasteiger partial charge in [-0.15, -0.1) is 0 Å². The molecule has 35 heavy (non-hydrogen) atoms. The Balaban J connectivity index is 1.20. The van der Waals surface area contributed by atoms with Crippen LogP contribution in [0.5, 0.6) is 0 Å². The first-order valence-electron chi connectivity index (χ1n) is 12.8. The number of H-pyrrole nitrogens is 1. The molecule has 3 unspecified atom stereocenters. The average Bonchev–Trinajstić information content (AvgIpc) is 3.13. The molecule has 6 nitrogen and oxygen atoms in total. The summed E-state index contributed by atoms with van der Waals surface area (Å²) in [6.45, 7) is 8.65. The molecular weight excluding hydrogens is 432 g/mol. The highest BCUT2D eigenvalue weighted by atomic mass is 15.2. The number of nitrogens with zero attached hydrogens (tertiary/aromatic N) is 5. The summed E-state index contributed by atoms with van der Waals surface area (Å²) in [6.07, 6.45) is 7.61. The van der Waals surface area contributed by atoms with Gasteiger partial charge in [-0.2, -0.15) is 5.10 Å². The van der Waals surface area contributed by atoms with Crippen LogP contribution < -0.4 is 4.90 Å². The summed E-state index contributed by atoms with van der Waals surface area (Å²) < 4.78 is 0. The number of hydrogen-bond donors (Lipinski definition) is 1. The number of hydrogen-bond acceptors (Lipinski definition) is 5. The molecule has 0 radical (unpaired) electrons. The lowest BCUT2D eigenvalue weighted by Gasteiger charge is -2.26. The highest BCUT2D eigenvalue weighted by Gasteiger charge is 2.66. The molecule has 1 saturated carbocycles. The van der Waals surface area contributed by atoms with Crippen LogP contribution in [0.3, 0.4) is 0 Å². The second-order valence-corrected chi connectivity index (χ2v) is 10.4. The molecule has 1 N–H and O–H groups in total. The van der Waals surface area contributed by atoms with Crippen LogP contribution in [0.4, 0.5) is 5.82 Å². The first-order chi connectivity index (χ1) is 17.1. The van der Waals surface area contributed by atoms with Crippen molar-refractivity contribution in [3.05, 3.63) is 59.9 Å². The van der Waals surface area contributed by atoms with Gasteiger partial charge in [0.15, 0.2) is 0 Å². The topological polar surface area (TPSA) is 70.1 Å². The number of anilines is 1. The molecule has 1 aliphatic carbocycles. The summed E-state index contributed by atoms with van der Waals surface area (Å²) in [5.41, 5.74) is 7.70. The number of allylic oxidation sites excluding steroid dienone is 2. The highest BCUT2D eigenvalue weighted by molar-refractivity contribution is 6.02. The van der Waals surface area contributed by atoms with Gasteiger partial charge in [0.1, 0.15) is 11.3 Å². The molecule has 4 aromatic rings. The smallest absolute Gasteiger partial charge is 0.202 e. The third-order valence-corrected chi connectivity index (χ3v) is 8.84. The first kappa shape index (κ1) is 20.8. The number of aliphatic imine (C=N–C) groups is 1. The molecule has 2 aromatic heterocycles. The highest BCUT2D eigenvalue weighted by Crippen LogP contribution is 2.66. The maximum Gasteiger partial charge on any atom is 0.202 e. The van der Waals surface area contributed by atoms with E-state index < -0.39 is 0 Å². The van der Waals surface area contributed by atoms with Gasteiger partial charge >= 0.3 is 0 Å². The molecule has 0 bridgehead atoms. The fourth-order valence-electron chi connectivity index (χ4n) is 6.98. The summed E-state index contributed by atoms with van der Waals surface area (Å²) >= 11 is 0. The number of aromatic amines is 1. The standard InChI is InChI=1S/C29H30N6/c1-4-29(24-12-10-18(3)31-24)22-13-14-35(16-23(22)29)25-15-30-27-26(33-34-28(27)32-25)21-11-9-17(2)19-7-5-6-8-20(19)21/h5-11,15,22-23H,4,12-14,16H2,1-3H3,(H,32,33,34). The summed E-state index contributed by atoms with van der Waals surface area (Å²) in [6, 6.07) is 12.8. The minimum Gasteiger partial charge on any atom is -0.355 e. The number of fused-ring (bicyclic) bond motifs is 3. The maximum absolute atomic E-state index is 4.96. The number of aryl methyl sites for hydroxylation is 1. The average molecular weight is 463 g/mol. The number of nitrogens with one attached hydrogen (secondary N) is 1. The van der Waals surface area contributed by atoms with E-state index in [0.717, 1.165) is 48.0 Å². The Bertz CT molecular complexity index is 1550. The van der Waals surface area contributed by atoms with E-state index in [1.807, 2.05) is 6.20 Å². The van der Waals surface area contributed by atoms with Crippen molar-refractivity contribution in [2.75, 3.05) is 18.0 Å². The fourth-order valence-corrected chi connectivity index (χ4v) is 6.98. The van der Waals surface area contributed by atoms with Crippen molar-refractivity contribution in [1.29, 1.82) is 0 Å². The minimum absolute atomic E-state index is 0.284. The zero-order valence-corrected chi connectivity index (χ0v) is 20.5. The Morgan fingerprint density at radius 3 is 2.74 bits per heavy atom. The van der Waals surface area contributed by atoms with Gasteiger partial charge in [0, 0.05) is 41.9 Å². The van der Waals surface area contributed by atoms with Crippen molar-refractivity contribution in [2.24, 2.45) is 22.2 Å². The molecule has 0 amide bonds. The maximum atomic E-state index is 4.96. The second kappa shape index (κ2) is 7.48. The molecule has 176 valence electrons. The molecule has 4 heterocycles. The quantitative estimate of drug-likeness (QED) is 0.399. The largest absolute Gasteiger partial charge is 0.355 e. The van der Waals surface area contributed by atoms with Crippen LogP contribution in [0, 0.1) is 24.2 Å². The summed E-state index contributed by atoms with van der Waals surface area (Å²) in [5, 5.41) is 10.3. The molecule has 3 atom stereocenters. The Kier molecular flexibility index (Phi) is 4.44. The molecule has 2 aliphatic heterocycles. The number of rotatable bonds is 4. The Morgan fingerprint density at radius 2 is 1.94 bits per heavy atom. The van der Waals surface area contributed by atoms with Gasteiger partial charge in [-0.1, -0.05) is 49.4 Å². The van der Waals surface area contributed by atoms with Crippen molar-refractivity contribution < 1.29 is 0 Å². The third-order valence-electron chi connectivity index (χ3n) is 8.84. The van der Waals surface area contributed by atoms with Crippen LogP contribution >= 0.6 is 0 Å². The predicted octanol–water partition coefficient (Wildman–Crippen LogP) is 6.08. The van der Waals surface area contributed by atoms with E-state index in [0.29, 0.717) is 11.6 Å². The molecule has 2 fully saturated rings. The van der Waals surface area contributed by atoms with Crippen molar-refractivity contribution in [2.45, 2.75) is 40.0 Å². The van der Waals surface area contributed by atoms with E-state index in [2.05, 4.69) is 78.3 Å². The predicted molar refractivity (Wildman–Crippen MR) is 142 cm³/mol. The van der Waals surface area contributed by atoms with E-state index in [9.17, 15) is 0 Å². The SMILES string of the molecule is CCC1(C2=NC(C)=CC2)C2CCN(c3cnc4c(-c5ccc(C)c6ccccc56)[nH]nc4n3)CC21. The van der Waals surface area contributed by atoms with E-state index in [1.54, 1.807) is 0 Å². The van der Waals surface area contributed by atoms with E-state index in [-0.39, 0.29) is 5.41 Å². The van der Waals surface area contributed by atoms with Gasteiger partial charge in [-0.05, 0) is 54.9 Å². The monoisotopic (exact) mass is 462 g/mol. The van der Waals surface area contributed by atoms with Crippen LogP contribution in [0.25, 0.3) is 33.2 Å². The fraction of sp³-hybridized carbons (Fsp3) is 0.379. The number of aromatic nitrogens is 4. The van der Waals surface area contributed by atoms with Gasteiger partial charge in [-0.3, -0.25) is 10.1 Å². The zero-order valence-electron chi connectivity index (χ0n) is 20.5. The van der Waals surface area contributed by atoms with Gasteiger partial charge in [-0.25, -0.2) is 9.97 Å². The Hall–Kier alpha value is -3.54. The Morgan fingerprint density at radius 1 is 1.09 bits per heavy atom. The molecule has 6 heteroatoms. The molecule has 3 aliphatic rings. The van der Waals surface area contributed by atoms with Crippen molar-refractivity contribution in [3.8, 4) is 11.3 Å². The lowest BCUT2D eigenvalue weighted by molar-refractivity contribution is 0.543. The van der Waals surface area contributed by atoms with E-state index in [1.165, 1.54) is 40.6 Å². The second-order valence-electron chi connectivity index (χ2n) is 10.4. The van der Waals surface area contributed by atoms with Crippen LogP contribution in [-0.4, -0.2) is 39.0 Å². The van der Waals surface area contributed by atoms with Crippen LogP contribution in [0.2, 0.25) is 0 Å². The van der Waals surface area contributed by atoms with Crippen LogP contribution in [0.15, 0.2) is 59.4 Å². The van der Waals surface area contributed by atoms with Crippen molar-refractivity contribution >= 4 is 33.5 Å². The molecule has 7 rings (SSSR count). The van der Waals surface area contributed by atoms with Crippen LogP contribution in [-0.2, 0) is 0 Å². The first-order valence-corrected chi connectivity index (χ1v) is 12.8. The number of piperidine rings is 1. The third kappa shape index (κ3) is 2.95. The van der Waals surface area contributed by atoms with Gasteiger partial charge in [0.25, 0.3) is 0 Å². The van der Waals surface area contributed by atoms with Crippen LogP contribution in [0.1, 0.15) is 38.7 Å². The normalized spacial score (nSPS) is 25.6. The summed E-state index contributed by atoms with van der Waals surface area (Å²) in [4.78, 5) is 17.2. The van der Waals surface area contributed by atoms with E-state index >= 15 is 0 Å².